The second kappa shape index (κ2) is 9.99. The van der Waals surface area contributed by atoms with E-state index in [2.05, 4.69) is 30.0 Å². The van der Waals surface area contributed by atoms with E-state index < -0.39 is 0 Å². The molecular formula is C15H23N3O2S. The maximum absolute atomic E-state index is 11.7. The van der Waals surface area contributed by atoms with Crippen LogP contribution >= 0.6 is 12.2 Å². The Morgan fingerprint density at radius 3 is 2.43 bits per heavy atom. The normalized spacial score (nSPS) is 9.95. The molecule has 0 saturated heterocycles. The molecule has 0 aliphatic heterocycles. The summed E-state index contributed by atoms with van der Waals surface area (Å²) < 4.78 is 5.63. The molecule has 116 valence electrons. The van der Waals surface area contributed by atoms with Crippen LogP contribution in [-0.4, -0.2) is 17.6 Å². The molecule has 0 spiro atoms. The van der Waals surface area contributed by atoms with Gasteiger partial charge in [-0.2, -0.15) is 0 Å². The van der Waals surface area contributed by atoms with Crippen molar-refractivity contribution in [3.05, 3.63) is 29.8 Å². The molecule has 6 heteroatoms. The van der Waals surface area contributed by atoms with E-state index in [1.807, 2.05) is 0 Å². The average Bonchev–Trinajstić information content (AvgIpc) is 2.49. The van der Waals surface area contributed by atoms with Gasteiger partial charge in [0, 0.05) is 5.56 Å². The van der Waals surface area contributed by atoms with E-state index in [0.717, 1.165) is 12.2 Å². The number of nitrogens with one attached hydrogen (secondary N) is 2. The van der Waals surface area contributed by atoms with Crippen LogP contribution in [0, 0.1) is 0 Å². The predicted molar refractivity (Wildman–Crippen MR) is 88.1 cm³/mol. The minimum atomic E-state index is -0.297. The Morgan fingerprint density at radius 1 is 1.14 bits per heavy atom. The van der Waals surface area contributed by atoms with Gasteiger partial charge in [-0.1, -0.05) is 32.6 Å². The Bertz CT molecular complexity index is 449. The van der Waals surface area contributed by atoms with E-state index in [9.17, 15) is 4.79 Å². The molecule has 5 nitrogen and oxygen atoms in total. The first-order valence-electron chi connectivity index (χ1n) is 7.22. The molecule has 0 heterocycles. The molecule has 0 saturated carbocycles. The van der Waals surface area contributed by atoms with Crippen molar-refractivity contribution in [3.63, 3.8) is 0 Å². The number of ether oxygens (including phenoxy) is 1. The first-order valence-corrected chi connectivity index (χ1v) is 7.63. The highest BCUT2D eigenvalue weighted by atomic mass is 32.1. The predicted octanol–water partition coefficient (Wildman–Crippen LogP) is 2.51. The second-order valence-corrected chi connectivity index (χ2v) is 5.17. The number of carbonyl (C=O) groups excluding carboxylic acids is 1. The van der Waals surface area contributed by atoms with Gasteiger partial charge in [0.1, 0.15) is 5.75 Å². The third kappa shape index (κ3) is 7.51. The molecule has 0 aliphatic carbocycles. The summed E-state index contributed by atoms with van der Waals surface area (Å²) in [6.45, 7) is 2.91. The summed E-state index contributed by atoms with van der Waals surface area (Å²) >= 11 is 4.60. The van der Waals surface area contributed by atoms with Crippen molar-refractivity contribution in [1.82, 2.24) is 10.9 Å². The molecule has 4 N–H and O–H groups in total. The van der Waals surface area contributed by atoms with Gasteiger partial charge in [0.05, 0.1) is 6.61 Å². The monoisotopic (exact) mass is 309 g/mol. The van der Waals surface area contributed by atoms with E-state index in [1.165, 1.54) is 25.7 Å². The van der Waals surface area contributed by atoms with Gasteiger partial charge in [-0.3, -0.25) is 15.6 Å². The number of hydrazine groups is 1. The van der Waals surface area contributed by atoms with Crippen molar-refractivity contribution in [3.8, 4) is 5.75 Å². The standard InChI is InChI=1S/C15H23N3O2S/c1-2-3-4-5-6-11-20-13-9-7-12(8-10-13)14(19)17-18-15(16)21/h7-10H,2-6,11H2,1H3,(H,17,19)(H3,16,18,21). The summed E-state index contributed by atoms with van der Waals surface area (Å²) in [6.07, 6.45) is 6.03. The van der Waals surface area contributed by atoms with E-state index in [4.69, 9.17) is 10.5 Å². The van der Waals surface area contributed by atoms with E-state index in [0.29, 0.717) is 12.2 Å². The van der Waals surface area contributed by atoms with Crippen molar-refractivity contribution in [2.24, 2.45) is 5.73 Å². The third-order valence-electron chi connectivity index (χ3n) is 2.93. The smallest absolute Gasteiger partial charge is 0.269 e. The van der Waals surface area contributed by atoms with Gasteiger partial charge in [0.25, 0.3) is 5.91 Å². The fraction of sp³-hybridized carbons (Fsp3) is 0.467. The molecule has 0 atom stereocenters. The van der Waals surface area contributed by atoms with Gasteiger partial charge >= 0.3 is 0 Å². The number of unbranched alkanes of at least 4 members (excludes halogenated alkanes) is 4. The van der Waals surface area contributed by atoms with Gasteiger partial charge in [0.2, 0.25) is 0 Å². The van der Waals surface area contributed by atoms with Crippen LogP contribution in [0.3, 0.4) is 0 Å². The zero-order valence-electron chi connectivity index (χ0n) is 12.4. The van der Waals surface area contributed by atoms with Crippen LogP contribution in [0.5, 0.6) is 5.75 Å². The molecule has 0 aromatic heterocycles. The zero-order valence-corrected chi connectivity index (χ0v) is 13.2. The maximum Gasteiger partial charge on any atom is 0.269 e. The summed E-state index contributed by atoms with van der Waals surface area (Å²) in [5.74, 6) is 0.471. The van der Waals surface area contributed by atoms with Gasteiger partial charge in [-0.05, 0) is 42.9 Å². The van der Waals surface area contributed by atoms with Crippen molar-refractivity contribution in [1.29, 1.82) is 0 Å². The largest absolute Gasteiger partial charge is 0.494 e. The highest BCUT2D eigenvalue weighted by Crippen LogP contribution is 2.13. The molecule has 0 fully saturated rings. The molecule has 0 unspecified atom stereocenters. The second-order valence-electron chi connectivity index (χ2n) is 4.73. The van der Waals surface area contributed by atoms with Gasteiger partial charge in [-0.25, -0.2) is 0 Å². The van der Waals surface area contributed by atoms with Crippen LogP contribution in [0.25, 0.3) is 0 Å². The summed E-state index contributed by atoms with van der Waals surface area (Å²) in [7, 11) is 0. The fourth-order valence-electron chi connectivity index (χ4n) is 1.79. The van der Waals surface area contributed by atoms with Crippen molar-refractivity contribution < 1.29 is 9.53 Å². The van der Waals surface area contributed by atoms with Crippen LogP contribution in [0.4, 0.5) is 0 Å². The van der Waals surface area contributed by atoms with Crippen LogP contribution in [0.2, 0.25) is 0 Å². The molecule has 1 aromatic rings. The van der Waals surface area contributed by atoms with E-state index in [1.54, 1.807) is 24.3 Å². The maximum atomic E-state index is 11.7. The van der Waals surface area contributed by atoms with Gasteiger partial charge < -0.3 is 10.5 Å². The van der Waals surface area contributed by atoms with Crippen molar-refractivity contribution in [2.75, 3.05) is 6.61 Å². The summed E-state index contributed by atoms with van der Waals surface area (Å²) in [5, 5.41) is 0.0198. The first-order chi connectivity index (χ1) is 10.1. The van der Waals surface area contributed by atoms with Crippen molar-refractivity contribution in [2.45, 2.75) is 39.0 Å². The Kier molecular flexibility index (Phi) is 8.19. The summed E-state index contributed by atoms with van der Waals surface area (Å²) in [5.41, 5.74) is 10.5. The quantitative estimate of drug-likeness (QED) is 0.391. The van der Waals surface area contributed by atoms with Gasteiger partial charge in [-0.15, -0.1) is 0 Å². The molecule has 1 aromatic carbocycles. The van der Waals surface area contributed by atoms with E-state index in [-0.39, 0.29) is 11.0 Å². The fourth-order valence-corrected chi connectivity index (χ4v) is 1.84. The minimum absolute atomic E-state index is 0.0198. The topological polar surface area (TPSA) is 76.4 Å². The molecular weight excluding hydrogens is 286 g/mol. The number of rotatable bonds is 8. The zero-order chi connectivity index (χ0) is 15.5. The Morgan fingerprint density at radius 2 is 1.81 bits per heavy atom. The number of nitrogens with two attached hydrogens (primary N) is 1. The Hall–Kier alpha value is -1.82. The number of hydrogen-bond acceptors (Lipinski definition) is 3. The number of amides is 1. The Labute approximate surface area is 131 Å². The van der Waals surface area contributed by atoms with Crippen molar-refractivity contribution >= 4 is 23.2 Å². The number of hydrogen-bond donors (Lipinski definition) is 3. The Balaban J connectivity index is 2.29. The van der Waals surface area contributed by atoms with Gasteiger partial charge in [0.15, 0.2) is 5.11 Å². The van der Waals surface area contributed by atoms with Crippen LogP contribution < -0.4 is 21.3 Å². The summed E-state index contributed by atoms with van der Waals surface area (Å²) in [4.78, 5) is 11.7. The molecule has 0 bridgehead atoms. The average molecular weight is 309 g/mol. The molecule has 21 heavy (non-hydrogen) atoms. The SMILES string of the molecule is CCCCCCCOc1ccc(C(=O)NNC(N)=S)cc1. The minimum Gasteiger partial charge on any atom is -0.494 e. The van der Waals surface area contributed by atoms with E-state index >= 15 is 0 Å². The van der Waals surface area contributed by atoms with Crippen LogP contribution in [0.15, 0.2) is 24.3 Å². The lowest BCUT2D eigenvalue weighted by Crippen LogP contribution is -2.44. The third-order valence-corrected chi connectivity index (χ3v) is 3.03. The summed E-state index contributed by atoms with van der Waals surface area (Å²) in [6, 6.07) is 6.95. The lowest BCUT2D eigenvalue weighted by atomic mass is 10.2. The van der Waals surface area contributed by atoms with Crippen LogP contribution in [-0.2, 0) is 0 Å². The van der Waals surface area contributed by atoms with Crippen LogP contribution in [0.1, 0.15) is 49.4 Å². The highest BCUT2D eigenvalue weighted by molar-refractivity contribution is 7.80. The number of thiocarbonyl (C=S) groups is 1. The highest BCUT2D eigenvalue weighted by Gasteiger charge is 2.05. The number of carbonyl (C=O) groups is 1. The molecule has 1 rings (SSSR count). The first kappa shape index (κ1) is 17.2. The lowest BCUT2D eigenvalue weighted by Gasteiger charge is -2.08. The number of benzene rings is 1. The molecule has 0 aliphatic rings. The molecule has 0 radical (unpaired) electrons. The molecule has 1 amide bonds. The lowest BCUT2D eigenvalue weighted by molar-refractivity contribution is 0.0944.